The summed E-state index contributed by atoms with van der Waals surface area (Å²) in [6, 6.07) is 10.4. The number of halogens is 1. The number of hydrogen-bond donors (Lipinski definition) is 1. The van der Waals surface area contributed by atoms with Crippen LogP contribution in [0.3, 0.4) is 0 Å². The number of anilines is 1. The van der Waals surface area contributed by atoms with Crippen molar-refractivity contribution in [2.45, 2.75) is 38.6 Å². The predicted molar refractivity (Wildman–Crippen MR) is 78.3 cm³/mol. The van der Waals surface area contributed by atoms with Crippen molar-refractivity contribution in [2.75, 3.05) is 5.32 Å². The highest BCUT2D eigenvalue weighted by Gasteiger charge is 2.25. The van der Waals surface area contributed by atoms with Crippen LogP contribution in [0.5, 0.6) is 0 Å². The number of rotatable bonds is 3. The molecule has 1 N–H and O–H groups in total. The van der Waals surface area contributed by atoms with Crippen molar-refractivity contribution in [3.8, 4) is 6.07 Å². The van der Waals surface area contributed by atoms with E-state index in [4.69, 9.17) is 0 Å². The van der Waals surface area contributed by atoms with Gasteiger partial charge in [0.05, 0.1) is 6.07 Å². The third-order valence-electron chi connectivity index (χ3n) is 3.84. The largest absolute Gasteiger partial charge is 0.370 e. The molecule has 2 nitrogen and oxygen atoms in total. The summed E-state index contributed by atoms with van der Waals surface area (Å²) in [5.74, 6) is 1.32. The summed E-state index contributed by atoms with van der Waals surface area (Å²) in [4.78, 5) is 0. The fourth-order valence-corrected chi connectivity index (χ4v) is 2.86. The molecule has 1 atom stereocenters. The zero-order valence-electron chi connectivity index (χ0n) is 10.7. The van der Waals surface area contributed by atoms with Gasteiger partial charge in [0.2, 0.25) is 0 Å². The van der Waals surface area contributed by atoms with Gasteiger partial charge in [-0.3, -0.25) is 0 Å². The molecule has 0 bridgehead atoms. The van der Waals surface area contributed by atoms with Crippen molar-refractivity contribution in [2.24, 2.45) is 11.8 Å². The van der Waals surface area contributed by atoms with E-state index >= 15 is 0 Å². The molecule has 1 unspecified atom stereocenters. The summed E-state index contributed by atoms with van der Waals surface area (Å²) in [5.41, 5.74) is 1.03. The van der Waals surface area contributed by atoms with Crippen LogP contribution in [-0.2, 0) is 0 Å². The average molecular weight is 307 g/mol. The zero-order valence-corrected chi connectivity index (χ0v) is 12.3. The molecular weight excluding hydrogens is 288 g/mol. The van der Waals surface area contributed by atoms with Crippen molar-refractivity contribution in [1.29, 1.82) is 5.26 Å². The average Bonchev–Trinajstić information content (AvgIpc) is 2.39. The first-order valence-corrected chi connectivity index (χ1v) is 7.40. The molecule has 0 aromatic heterocycles. The molecule has 1 aromatic carbocycles. The Hall–Kier alpha value is -1.01. The maximum atomic E-state index is 9.34. The summed E-state index contributed by atoms with van der Waals surface area (Å²) in [7, 11) is 0. The molecule has 0 spiro atoms. The van der Waals surface area contributed by atoms with Gasteiger partial charge in [0.1, 0.15) is 6.04 Å². The number of nitrogens with zero attached hydrogens (tertiary/aromatic N) is 1. The zero-order chi connectivity index (χ0) is 13.0. The second-order valence-corrected chi connectivity index (χ2v) is 6.19. The van der Waals surface area contributed by atoms with Gasteiger partial charge >= 0.3 is 0 Å². The maximum Gasteiger partial charge on any atom is 0.117 e. The highest BCUT2D eigenvalue weighted by atomic mass is 79.9. The lowest BCUT2D eigenvalue weighted by Gasteiger charge is -2.30. The summed E-state index contributed by atoms with van der Waals surface area (Å²) >= 11 is 3.42. The van der Waals surface area contributed by atoms with Crippen LogP contribution in [-0.4, -0.2) is 6.04 Å². The molecule has 3 heteroatoms. The molecule has 0 heterocycles. The number of benzene rings is 1. The first-order valence-electron chi connectivity index (χ1n) is 6.60. The van der Waals surface area contributed by atoms with E-state index in [1.807, 2.05) is 24.3 Å². The first kappa shape index (κ1) is 13.4. The molecule has 18 heavy (non-hydrogen) atoms. The van der Waals surface area contributed by atoms with Crippen LogP contribution >= 0.6 is 15.9 Å². The lowest BCUT2D eigenvalue weighted by atomic mass is 9.79. The van der Waals surface area contributed by atoms with E-state index in [0.29, 0.717) is 5.92 Å². The minimum atomic E-state index is -0.0568. The minimum Gasteiger partial charge on any atom is -0.370 e. The van der Waals surface area contributed by atoms with Gasteiger partial charge in [0.15, 0.2) is 0 Å². The highest BCUT2D eigenvalue weighted by Crippen LogP contribution is 2.31. The lowest BCUT2D eigenvalue weighted by Crippen LogP contribution is -2.30. The van der Waals surface area contributed by atoms with Crippen LogP contribution in [0.25, 0.3) is 0 Å². The van der Waals surface area contributed by atoms with Gasteiger partial charge in [-0.1, -0.05) is 35.7 Å². The predicted octanol–water partition coefficient (Wildman–Crippen LogP) is 4.58. The second kappa shape index (κ2) is 6.24. The molecular formula is C15H19BrN2. The molecule has 1 fully saturated rings. The summed E-state index contributed by atoms with van der Waals surface area (Å²) in [6.45, 7) is 2.31. The Morgan fingerprint density at radius 3 is 2.39 bits per heavy atom. The summed E-state index contributed by atoms with van der Waals surface area (Å²) in [5, 5.41) is 12.7. The molecule has 0 saturated heterocycles. The van der Waals surface area contributed by atoms with Crippen molar-refractivity contribution < 1.29 is 0 Å². The van der Waals surface area contributed by atoms with Crippen molar-refractivity contribution in [1.82, 2.24) is 0 Å². The molecule has 0 amide bonds. The van der Waals surface area contributed by atoms with Crippen LogP contribution in [0, 0.1) is 23.2 Å². The topological polar surface area (TPSA) is 35.8 Å². The van der Waals surface area contributed by atoms with Crippen molar-refractivity contribution in [3.05, 3.63) is 28.7 Å². The Balaban J connectivity index is 1.97. The SMILES string of the molecule is CC1CCC(C(C#N)Nc2ccc(Br)cc2)CC1. The van der Waals surface area contributed by atoms with Crippen molar-refractivity contribution in [3.63, 3.8) is 0 Å². The quantitative estimate of drug-likeness (QED) is 0.887. The molecule has 96 valence electrons. The normalized spacial score (nSPS) is 25.2. The molecule has 2 rings (SSSR count). The standard InChI is InChI=1S/C15H19BrN2/c1-11-2-4-12(5-3-11)15(10-17)18-14-8-6-13(16)7-9-14/h6-9,11-12,15,18H,2-5H2,1H3. The van der Waals surface area contributed by atoms with Gasteiger partial charge in [-0.15, -0.1) is 0 Å². The van der Waals surface area contributed by atoms with E-state index in [9.17, 15) is 5.26 Å². The van der Waals surface area contributed by atoms with Crippen LogP contribution < -0.4 is 5.32 Å². The third-order valence-corrected chi connectivity index (χ3v) is 4.37. The van der Waals surface area contributed by atoms with Gasteiger partial charge in [0, 0.05) is 10.2 Å². The van der Waals surface area contributed by atoms with Gasteiger partial charge < -0.3 is 5.32 Å². The van der Waals surface area contributed by atoms with E-state index in [1.165, 1.54) is 25.7 Å². The van der Waals surface area contributed by atoms with E-state index in [2.05, 4.69) is 34.2 Å². The van der Waals surface area contributed by atoms with Crippen LogP contribution in [0.1, 0.15) is 32.6 Å². The molecule has 0 radical (unpaired) electrons. The number of nitrogens with one attached hydrogen (secondary N) is 1. The number of nitriles is 1. The minimum absolute atomic E-state index is 0.0568. The van der Waals surface area contributed by atoms with Crippen LogP contribution in [0.2, 0.25) is 0 Å². The van der Waals surface area contributed by atoms with Crippen LogP contribution in [0.4, 0.5) is 5.69 Å². The molecule has 1 aromatic rings. The summed E-state index contributed by atoms with van der Waals surface area (Å²) < 4.78 is 1.06. The molecule has 0 aliphatic heterocycles. The molecule has 1 aliphatic carbocycles. The maximum absolute atomic E-state index is 9.34. The van der Waals surface area contributed by atoms with E-state index in [0.717, 1.165) is 16.1 Å². The summed E-state index contributed by atoms with van der Waals surface area (Å²) in [6.07, 6.45) is 4.85. The smallest absolute Gasteiger partial charge is 0.117 e. The Kier molecular flexibility index (Phi) is 4.66. The third kappa shape index (κ3) is 3.49. The Labute approximate surface area is 118 Å². The second-order valence-electron chi connectivity index (χ2n) is 5.28. The van der Waals surface area contributed by atoms with E-state index in [-0.39, 0.29) is 6.04 Å². The Morgan fingerprint density at radius 2 is 1.83 bits per heavy atom. The lowest BCUT2D eigenvalue weighted by molar-refractivity contribution is 0.282. The van der Waals surface area contributed by atoms with E-state index in [1.54, 1.807) is 0 Å². The molecule has 1 aliphatic rings. The fraction of sp³-hybridized carbons (Fsp3) is 0.533. The Morgan fingerprint density at radius 1 is 1.22 bits per heavy atom. The first-order chi connectivity index (χ1) is 8.69. The van der Waals surface area contributed by atoms with Crippen LogP contribution in [0.15, 0.2) is 28.7 Å². The Bertz CT molecular complexity index is 413. The van der Waals surface area contributed by atoms with E-state index < -0.39 is 0 Å². The monoisotopic (exact) mass is 306 g/mol. The molecule has 1 saturated carbocycles. The van der Waals surface area contributed by atoms with Gasteiger partial charge in [-0.05, 0) is 48.9 Å². The van der Waals surface area contributed by atoms with Crippen molar-refractivity contribution >= 4 is 21.6 Å². The highest BCUT2D eigenvalue weighted by molar-refractivity contribution is 9.10. The van der Waals surface area contributed by atoms with Gasteiger partial charge in [0.25, 0.3) is 0 Å². The number of hydrogen-bond acceptors (Lipinski definition) is 2. The fourth-order valence-electron chi connectivity index (χ4n) is 2.60. The van der Waals surface area contributed by atoms with Gasteiger partial charge in [-0.2, -0.15) is 5.26 Å². The van der Waals surface area contributed by atoms with Gasteiger partial charge in [-0.25, -0.2) is 0 Å².